The molecule has 0 amide bonds. The number of aryl methyl sites for hydroxylation is 3. The molecule has 0 bridgehead atoms. The first-order chi connectivity index (χ1) is 6.80. The van der Waals surface area contributed by atoms with Crippen LogP contribution in [0.1, 0.15) is 37.5 Å². The number of nitrogens with two attached hydrogens (primary N) is 1. The van der Waals surface area contributed by atoms with Crippen LogP contribution in [0.25, 0.3) is 0 Å². The van der Waals surface area contributed by atoms with Gasteiger partial charge >= 0.3 is 0 Å². The summed E-state index contributed by atoms with van der Waals surface area (Å²) in [5, 5.41) is 0. The highest BCUT2D eigenvalue weighted by Crippen LogP contribution is 2.04. The first kappa shape index (κ1) is 11.1. The lowest BCUT2D eigenvalue weighted by Gasteiger charge is -2.04. The Hall–Kier alpha value is -0.960. The molecule has 1 aromatic rings. The molecule has 0 saturated heterocycles. The molecule has 0 fully saturated rings. The minimum absolute atomic E-state index is 0.709. The molecule has 78 valence electrons. The Balaban J connectivity index is 2.81. The molecule has 1 heterocycles. The highest BCUT2D eigenvalue weighted by Gasteiger charge is 2.01. The van der Waals surface area contributed by atoms with E-state index in [2.05, 4.69) is 29.9 Å². The van der Waals surface area contributed by atoms with E-state index in [1.165, 1.54) is 0 Å². The minimum atomic E-state index is 0.709. The molecule has 1 rings (SSSR count). The van der Waals surface area contributed by atoms with Crippen molar-refractivity contribution in [2.45, 2.75) is 39.5 Å². The lowest BCUT2D eigenvalue weighted by molar-refractivity contribution is 0.756. The number of hydrogen-bond donors (Lipinski definition) is 1. The summed E-state index contributed by atoms with van der Waals surface area (Å²) < 4.78 is 0. The molecule has 0 radical (unpaired) electrons. The molecule has 0 spiro atoms. The lowest BCUT2D eigenvalue weighted by Crippen LogP contribution is -2.06. The predicted molar refractivity (Wildman–Crippen MR) is 58.2 cm³/mol. The van der Waals surface area contributed by atoms with Crippen molar-refractivity contribution in [3.05, 3.63) is 23.3 Å². The quantitative estimate of drug-likeness (QED) is 0.771. The second-order valence-electron chi connectivity index (χ2n) is 3.37. The van der Waals surface area contributed by atoms with E-state index in [1.807, 2.05) is 0 Å². The smallest absolute Gasteiger partial charge is 0.128 e. The van der Waals surface area contributed by atoms with Crippen molar-refractivity contribution in [2.75, 3.05) is 6.54 Å². The van der Waals surface area contributed by atoms with Gasteiger partial charge in [-0.25, -0.2) is 9.97 Å². The van der Waals surface area contributed by atoms with Gasteiger partial charge in [-0.2, -0.15) is 0 Å². The topological polar surface area (TPSA) is 51.8 Å². The van der Waals surface area contributed by atoms with Crippen LogP contribution in [0.5, 0.6) is 0 Å². The van der Waals surface area contributed by atoms with Crippen LogP contribution < -0.4 is 5.73 Å². The third kappa shape index (κ3) is 3.07. The Morgan fingerprint density at radius 3 is 2.14 bits per heavy atom. The molecule has 0 saturated carbocycles. The van der Waals surface area contributed by atoms with Crippen LogP contribution in [0.2, 0.25) is 0 Å². The summed E-state index contributed by atoms with van der Waals surface area (Å²) in [5.74, 6) is 0.951. The van der Waals surface area contributed by atoms with E-state index in [1.54, 1.807) is 0 Å². The van der Waals surface area contributed by atoms with E-state index in [0.29, 0.717) is 6.54 Å². The van der Waals surface area contributed by atoms with E-state index < -0.39 is 0 Å². The van der Waals surface area contributed by atoms with Crippen molar-refractivity contribution in [3.63, 3.8) is 0 Å². The first-order valence-corrected chi connectivity index (χ1v) is 5.35. The Morgan fingerprint density at radius 1 is 1.14 bits per heavy atom. The molecule has 0 aromatic carbocycles. The van der Waals surface area contributed by atoms with E-state index in [9.17, 15) is 0 Å². The van der Waals surface area contributed by atoms with Crippen LogP contribution in [0.3, 0.4) is 0 Å². The Bertz CT molecular complexity index is 262. The first-order valence-electron chi connectivity index (χ1n) is 5.35. The van der Waals surface area contributed by atoms with Crippen LogP contribution >= 0.6 is 0 Å². The van der Waals surface area contributed by atoms with E-state index in [-0.39, 0.29) is 0 Å². The van der Waals surface area contributed by atoms with E-state index in [0.717, 1.165) is 42.9 Å². The molecular formula is C11H19N3. The van der Waals surface area contributed by atoms with Crippen molar-refractivity contribution >= 4 is 0 Å². The molecule has 2 N–H and O–H groups in total. The van der Waals surface area contributed by atoms with E-state index >= 15 is 0 Å². The number of nitrogens with zero attached hydrogens (tertiary/aromatic N) is 2. The molecule has 0 atom stereocenters. The number of aromatic nitrogens is 2. The summed E-state index contributed by atoms with van der Waals surface area (Å²) in [6.45, 7) is 4.95. The molecule has 0 aliphatic carbocycles. The highest BCUT2D eigenvalue weighted by molar-refractivity contribution is 5.11. The van der Waals surface area contributed by atoms with Crippen molar-refractivity contribution in [2.24, 2.45) is 5.73 Å². The maximum absolute atomic E-state index is 5.46. The summed E-state index contributed by atoms with van der Waals surface area (Å²) in [6, 6.07) is 2.09. The Labute approximate surface area is 85.8 Å². The average molecular weight is 193 g/mol. The zero-order valence-corrected chi connectivity index (χ0v) is 9.08. The third-order valence-corrected chi connectivity index (χ3v) is 2.21. The number of rotatable bonds is 5. The van der Waals surface area contributed by atoms with Crippen LogP contribution in [0, 0.1) is 0 Å². The maximum Gasteiger partial charge on any atom is 0.128 e. The predicted octanol–water partition coefficient (Wildman–Crippen LogP) is 1.49. The van der Waals surface area contributed by atoms with Crippen LogP contribution in [0.4, 0.5) is 0 Å². The van der Waals surface area contributed by atoms with Crippen LogP contribution in [-0.4, -0.2) is 16.5 Å². The van der Waals surface area contributed by atoms with Gasteiger partial charge in [-0.05, 0) is 31.9 Å². The van der Waals surface area contributed by atoms with Gasteiger partial charge in [0.15, 0.2) is 0 Å². The molecular weight excluding hydrogens is 174 g/mol. The second-order valence-corrected chi connectivity index (χ2v) is 3.37. The fraction of sp³-hybridized carbons (Fsp3) is 0.636. The molecule has 1 aromatic heterocycles. The van der Waals surface area contributed by atoms with Gasteiger partial charge in [0.2, 0.25) is 0 Å². The largest absolute Gasteiger partial charge is 0.330 e. The van der Waals surface area contributed by atoms with Crippen LogP contribution in [-0.2, 0) is 19.3 Å². The van der Waals surface area contributed by atoms with Gasteiger partial charge in [0.05, 0.1) is 0 Å². The van der Waals surface area contributed by atoms with E-state index in [4.69, 9.17) is 5.73 Å². The SMILES string of the molecule is CCc1cc(CC)nc(CCCN)n1. The zero-order chi connectivity index (χ0) is 10.4. The molecule has 0 unspecified atom stereocenters. The fourth-order valence-electron chi connectivity index (χ4n) is 1.35. The molecule has 0 aliphatic rings. The number of hydrogen-bond acceptors (Lipinski definition) is 3. The van der Waals surface area contributed by atoms with Crippen molar-refractivity contribution in [1.29, 1.82) is 0 Å². The van der Waals surface area contributed by atoms with Crippen LogP contribution in [0.15, 0.2) is 6.07 Å². The van der Waals surface area contributed by atoms with Gasteiger partial charge in [0.1, 0.15) is 5.82 Å². The summed E-state index contributed by atoms with van der Waals surface area (Å²) in [7, 11) is 0. The van der Waals surface area contributed by atoms with Gasteiger partial charge < -0.3 is 5.73 Å². The van der Waals surface area contributed by atoms with Gasteiger partial charge in [-0.15, -0.1) is 0 Å². The summed E-state index contributed by atoms with van der Waals surface area (Å²) in [5.41, 5.74) is 7.75. The third-order valence-electron chi connectivity index (χ3n) is 2.21. The Kier molecular flexibility index (Phi) is 4.53. The van der Waals surface area contributed by atoms with Gasteiger partial charge in [0, 0.05) is 17.8 Å². The molecule has 0 aliphatic heterocycles. The summed E-state index contributed by atoms with van der Waals surface area (Å²) >= 11 is 0. The maximum atomic E-state index is 5.46. The summed E-state index contributed by atoms with van der Waals surface area (Å²) in [6.07, 6.45) is 3.82. The zero-order valence-electron chi connectivity index (χ0n) is 9.08. The van der Waals surface area contributed by atoms with Crippen molar-refractivity contribution in [1.82, 2.24) is 9.97 Å². The monoisotopic (exact) mass is 193 g/mol. The lowest BCUT2D eigenvalue weighted by atomic mass is 10.2. The molecule has 3 nitrogen and oxygen atoms in total. The Morgan fingerprint density at radius 2 is 1.71 bits per heavy atom. The van der Waals surface area contributed by atoms with Gasteiger partial charge in [-0.3, -0.25) is 0 Å². The average Bonchev–Trinajstić information content (AvgIpc) is 2.25. The highest BCUT2D eigenvalue weighted by atomic mass is 14.9. The summed E-state index contributed by atoms with van der Waals surface area (Å²) in [4.78, 5) is 8.94. The fourth-order valence-corrected chi connectivity index (χ4v) is 1.35. The second kappa shape index (κ2) is 5.70. The molecule has 3 heteroatoms. The normalized spacial score (nSPS) is 10.5. The standard InChI is InChI=1S/C11H19N3/c1-3-9-8-10(4-2)14-11(13-9)6-5-7-12/h8H,3-7,12H2,1-2H3. The van der Waals surface area contributed by atoms with Crippen molar-refractivity contribution < 1.29 is 0 Å². The van der Waals surface area contributed by atoms with Gasteiger partial charge in [0.25, 0.3) is 0 Å². The van der Waals surface area contributed by atoms with Crippen molar-refractivity contribution in [3.8, 4) is 0 Å². The molecule has 14 heavy (non-hydrogen) atoms. The van der Waals surface area contributed by atoms with Gasteiger partial charge in [-0.1, -0.05) is 13.8 Å². The minimum Gasteiger partial charge on any atom is -0.330 e.